The van der Waals surface area contributed by atoms with Gasteiger partial charge in [0.05, 0.1) is 23.8 Å². The molecule has 1 aliphatic rings. The number of amides is 1. The number of hydrogen-bond donors (Lipinski definition) is 2. The molecule has 1 aromatic carbocycles. The molecule has 1 heterocycles. The Bertz CT molecular complexity index is 1030. The molecule has 10 heteroatoms. The van der Waals surface area contributed by atoms with E-state index in [1.54, 1.807) is 12.1 Å². The van der Waals surface area contributed by atoms with E-state index in [1.807, 2.05) is 6.92 Å². The van der Waals surface area contributed by atoms with Crippen molar-refractivity contribution in [1.82, 2.24) is 15.0 Å². The molecule has 1 amide bonds. The summed E-state index contributed by atoms with van der Waals surface area (Å²) in [5, 5.41) is 2.97. The van der Waals surface area contributed by atoms with Crippen molar-refractivity contribution in [2.75, 3.05) is 7.11 Å². The molecule has 1 fully saturated rings. The first-order valence-corrected chi connectivity index (χ1v) is 12.2. The lowest BCUT2D eigenvalue weighted by molar-refractivity contribution is -0.126. The van der Waals surface area contributed by atoms with Gasteiger partial charge in [-0.3, -0.25) is 4.79 Å². The average molecular weight is 514 g/mol. The predicted octanol–water partition coefficient (Wildman–Crippen LogP) is 3.71. The molecule has 168 valence electrons. The van der Waals surface area contributed by atoms with Crippen molar-refractivity contribution in [3.05, 3.63) is 52.4 Å². The van der Waals surface area contributed by atoms with Crippen molar-refractivity contribution >= 4 is 31.9 Å². The third kappa shape index (κ3) is 6.02. The lowest BCUT2D eigenvalue weighted by Crippen LogP contribution is -2.41. The number of carbonyl (C=O) groups excluding carboxylic acids is 1. The van der Waals surface area contributed by atoms with Crippen LogP contribution in [0, 0.1) is 11.7 Å². The second-order valence-electron chi connectivity index (χ2n) is 7.61. The summed E-state index contributed by atoms with van der Waals surface area (Å²) in [6.07, 6.45) is 3.54. The molecule has 1 saturated carbocycles. The third-order valence-electron chi connectivity index (χ3n) is 5.43. The molecule has 0 bridgehead atoms. The van der Waals surface area contributed by atoms with Crippen LogP contribution in [0.5, 0.6) is 5.88 Å². The first kappa shape index (κ1) is 23.6. The fourth-order valence-corrected chi connectivity index (χ4v) is 5.57. The van der Waals surface area contributed by atoms with Crippen LogP contribution in [0.2, 0.25) is 0 Å². The van der Waals surface area contributed by atoms with Gasteiger partial charge in [0.25, 0.3) is 0 Å². The van der Waals surface area contributed by atoms with Crippen LogP contribution in [0.3, 0.4) is 0 Å². The number of nitrogens with zero attached hydrogens (tertiary/aromatic N) is 1. The second kappa shape index (κ2) is 10.1. The SMILES string of the molecule is COc1ncc(S(=O)(=O)N[C@H]2CC[C@H](C(=O)N[C@H](C)c3ccc(F)cc3)CC2)cc1Br. The Morgan fingerprint density at radius 2 is 1.87 bits per heavy atom. The first-order chi connectivity index (χ1) is 14.7. The first-order valence-electron chi connectivity index (χ1n) is 9.97. The molecule has 0 aliphatic heterocycles. The minimum absolute atomic E-state index is 0.0492. The Morgan fingerprint density at radius 1 is 1.23 bits per heavy atom. The van der Waals surface area contributed by atoms with Gasteiger partial charge in [-0.05, 0) is 72.3 Å². The largest absolute Gasteiger partial charge is 0.480 e. The Hall–Kier alpha value is -2.04. The van der Waals surface area contributed by atoms with Crippen molar-refractivity contribution in [3.8, 4) is 5.88 Å². The molecule has 2 aromatic rings. The Morgan fingerprint density at radius 3 is 2.45 bits per heavy atom. The van der Waals surface area contributed by atoms with Gasteiger partial charge in [-0.15, -0.1) is 0 Å². The highest BCUT2D eigenvalue weighted by atomic mass is 79.9. The highest BCUT2D eigenvalue weighted by Gasteiger charge is 2.30. The molecule has 0 unspecified atom stereocenters. The molecule has 31 heavy (non-hydrogen) atoms. The van der Waals surface area contributed by atoms with E-state index in [9.17, 15) is 17.6 Å². The summed E-state index contributed by atoms with van der Waals surface area (Å²) in [6, 6.07) is 7.01. The molecule has 1 aliphatic carbocycles. The van der Waals surface area contributed by atoms with Gasteiger partial charge in [0, 0.05) is 12.0 Å². The number of rotatable bonds is 7. The average Bonchev–Trinajstić information content (AvgIpc) is 2.74. The fourth-order valence-electron chi connectivity index (χ4n) is 3.63. The molecular weight excluding hydrogens is 489 g/mol. The number of methoxy groups -OCH3 is 1. The van der Waals surface area contributed by atoms with Gasteiger partial charge >= 0.3 is 0 Å². The van der Waals surface area contributed by atoms with Gasteiger partial charge in [-0.1, -0.05) is 12.1 Å². The van der Waals surface area contributed by atoms with E-state index >= 15 is 0 Å². The van der Waals surface area contributed by atoms with Crippen LogP contribution in [-0.4, -0.2) is 32.5 Å². The Kier molecular flexibility index (Phi) is 7.66. The summed E-state index contributed by atoms with van der Waals surface area (Å²) in [6.45, 7) is 1.85. The maximum Gasteiger partial charge on any atom is 0.242 e. The quantitative estimate of drug-likeness (QED) is 0.588. The summed E-state index contributed by atoms with van der Waals surface area (Å²) in [5.74, 6) is -0.261. The molecule has 7 nitrogen and oxygen atoms in total. The van der Waals surface area contributed by atoms with E-state index in [2.05, 4.69) is 31.0 Å². The zero-order valence-electron chi connectivity index (χ0n) is 17.3. The summed E-state index contributed by atoms with van der Waals surface area (Å²) in [4.78, 5) is 16.6. The number of ether oxygens (including phenoxy) is 1. The highest BCUT2D eigenvalue weighted by Crippen LogP contribution is 2.28. The van der Waals surface area contributed by atoms with Gasteiger partial charge in [0.15, 0.2) is 0 Å². The third-order valence-corrected chi connectivity index (χ3v) is 7.49. The van der Waals surface area contributed by atoms with Gasteiger partial charge in [-0.25, -0.2) is 22.5 Å². The van der Waals surface area contributed by atoms with Crippen LogP contribution in [0.15, 0.2) is 45.9 Å². The minimum Gasteiger partial charge on any atom is -0.480 e. The topological polar surface area (TPSA) is 97.4 Å². The monoisotopic (exact) mass is 513 g/mol. The maximum atomic E-state index is 13.1. The van der Waals surface area contributed by atoms with Crippen LogP contribution in [-0.2, 0) is 14.8 Å². The van der Waals surface area contributed by atoms with Gasteiger partial charge < -0.3 is 10.1 Å². The van der Waals surface area contributed by atoms with Crippen LogP contribution in [0.25, 0.3) is 0 Å². The van der Waals surface area contributed by atoms with E-state index in [0.717, 1.165) is 5.56 Å². The smallest absolute Gasteiger partial charge is 0.242 e. The predicted molar refractivity (Wildman–Crippen MR) is 118 cm³/mol. The molecule has 1 aromatic heterocycles. The van der Waals surface area contributed by atoms with Gasteiger partial charge in [-0.2, -0.15) is 0 Å². The highest BCUT2D eigenvalue weighted by molar-refractivity contribution is 9.10. The molecule has 0 saturated heterocycles. The van der Waals surface area contributed by atoms with E-state index < -0.39 is 10.0 Å². The minimum atomic E-state index is -3.73. The number of pyridine rings is 1. The lowest BCUT2D eigenvalue weighted by atomic mass is 9.85. The molecule has 0 spiro atoms. The van der Waals surface area contributed by atoms with Crippen LogP contribution in [0.1, 0.15) is 44.2 Å². The van der Waals surface area contributed by atoms with E-state index in [4.69, 9.17) is 4.74 Å². The van der Waals surface area contributed by atoms with Crippen molar-refractivity contribution < 1.29 is 22.3 Å². The number of halogens is 2. The number of sulfonamides is 1. The summed E-state index contributed by atoms with van der Waals surface area (Å²) < 4.78 is 46.6. The number of benzene rings is 1. The number of aromatic nitrogens is 1. The second-order valence-corrected chi connectivity index (χ2v) is 10.2. The van der Waals surface area contributed by atoms with Crippen LogP contribution in [0.4, 0.5) is 4.39 Å². The zero-order chi connectivity index (χ0) is 22.6. The van der Waals surface area contributed by atoms with Crippen LogP contribution >= 0.6 is 15.9 Å². The summed E-state index contributed by atoms with van der Waals surface area (Å²) >= 11 is 3.25. The van der Waals surface area contributed by atoms with Crippen LogP contribution < -0.4 is 14.8 Å². The number of hydrogen-bond acceptors (Lipinski definition) is 5. The molecule has 1 atom stereocenters. The van der Waals surface area contributed by atoms with Crippen molar-refractivity contribution in [3.63, 3.8) is 0 Å². The summed E-state index contributed by atoms with van der Waals surface area (Å²) in [7, 11) is -2.28. The standard InChI is InChI=1S/C21H25BrFN3O4S/c1-13(14-3-7-16(23)8-4-14)25-20(27)15-5-9-17(10-6-15)26-31(28,29)18-11-19(22)21(30-2)24-12-18/h3-4,7-8,11-13,15,17,26H,5-6,9-10H2,1-2H3,(H,25,27)/t13-,15-,17-/m1/s1. The maximum absolute atomic E-state index is 13.1. The normalized spacial score (nSPS) is 20.1. The fraction of sp³-hybridized carbons (Fsp3) is 0.429. The number of nitrogens with one attached hydrogen (secondary N) is 2. The van der Waals surface area contributed by atoms with Crippen molar-refractivity contribution in [2.45, 2.75) is 49.6 Å². The molecule has 2 N–H and O–H groups in total. The van der Waals surface area contributed by atoms with Gasteiger partial charge in [0.2, 0.25) is 21.8 Å². The molecule has 0 radical (unpaired) electrons. The van der Waals surface area contributed by atoms with Gasteiger partial charge in [0.1, 0.15) is 10.7 Å². The summed E-state index contributed by atoms with van der Waals surface area (Å²) in [5.41, 5.74) is 0.829. The van der Waals surface area contributed by atoms with E-state index in [0.29, 0.717) is 36.0 Å². The number of carbonyl (C=O) groups is 1. The molecular formula is C21H25BrFN3O4S. The molecule has 3 rings (SSSR count). The van der Waals surface area contributed by atoms with E-state index in [-0.39, 0.29) is 34.6 Å². The lowest BCUT2D eigenvalue weighted by Gasteiger charge is -2.29. The van der Waals surface area contributed by atoms with Crippen molar-refractivity contribution in [1.29, 1.82) is 0 Å². The van der Waals surface area contributed by atoms with E-state index in [1.165, 1.54) is 31.5 Å². The Balaban J connectivity index is 1.53. The zero-order valence-corrected chi connectivity index (χ0v) is 19.7. The van der Waals surface area contributed by atoms with Crippen molar-refractivity contribution in [2.24, 2.45) is 5.92 Å². The Labute approximate surface area is 190 Å².